The van der Waals surface area contributed by atoms with Gasteiger partial charge in [0.1, 0.15) is 5.75 Å². The van der Waals surface area contributed by atoms with E-state index in [9.17, 15) is 4.79 Å². The lowest BCUT2D eigenvalue weighted by Gasteiger charge is -2.20. The Morgan fingerprint density at radius 3 is 2.59 bits per heavy atom. The van der Waals surface area contributed by atoms with Crippen molar-refractivity contribution >= 4 is 5.97 Å². The maximum Gasteiger partial charge on any atom is 0.306 e. The summed E-state index contributed by atoms with van der Waals surface area (Å²) in [6.45, 7) is 5.74. The van der Waals surface area contributed by atoms with Gasteiger partial charge in [0.05, 0.1) is 13.0 Å². The number of rotatable bonds is 5. The van der Waals surface area contributed by atoms with Gasteiger partial charge in [-0.25, -0.2) is 0 Å². The number of methoxy groups -OCH3 is 1. The first-order valence-electron chi connectivity index (χ1n) is 5.88. The fraction of sp³-hybridized carbons (Fsp3) is 0.500. The van der Waals surface area contributed by atoms with Crippen molar-refractivity contribution in [2.45, 2.75) is 33.1 Å². The molecule has 0 aliphatic heterocycles. The van der Waals surface area contributed by atoms with Crippen molar-refractivity contribution < 1.29 is 14.6 Å². The molecule has 0 radical (unpaired) electrons. The Hall–Kier alpha value is -1.51. The number of carbonyl (C=O) groups is 1. The van der Waals surface area contributed by atoms with E-state index in [1.165, 1.54) is 0 Å². The van der Waals surface area contributed by atoms with Crippen molar-refractivity contribution in [2.75, 3.05) is 7.11 Å². The van der Waals surface area contributed by atoms with E-state index in [2.05, 4.69) is 0 Å². The highest BCUT2D eigenvalue weighted by molar-refractivity contribution is 5.71. The molecule has 0 heterocycles. The predicted molar refractivity (Wildman–Crippen MR) is 67.6 cm³/mol. The van der Waals surface area contributed by atoms with Crippen molar-refractivity contribution in [1.82, 2.24) is 0 Å². The summed E-state index contributed by atoms with van der Waals surface area (Å²) < 4.78 is 5.27. The number of aliphatic carboxylic acids is 1. The molecule has 1 aromatic rings. The second-order valence-corrected chi connectivity index (χ2v) is 4.37. The van der Waals surface area contributed by atoms with E-state index in [0.717, 1.165) is 23.3 Å². The maximum atomic E-state index is 11.1. The number of carboxylic acids is 1. The third-order valence-electron chi connectivity index (χ3n) is 3.29. The Kier molecular flexibility index (Phi) is 4.55. The zero-order valence-corrected chi connectivity index (χ0v) is 10.9. The van der Waals surface area contributed by atoms with Crippen LogP contribution < -0.4 is 4.74 Å². The molecule has 1 rings (SSSR count). The standard InChI is InChI=1S/C14H20O3/c1-5-12(10(3)14(15)16)11-7-6-9(2)13(8-11)17-4/h6-8,10,12H,5H2,1-4H3,(H,15,16)/t10?,12-/m0/s1. The zero-order valence-electron chi connectivity index (χ0n) is 10.9. The Bertz CT molecular complexity index is 398. The van der Waals surface area contributed by atoms with E-state index in [-0.39, 0.29) is 11.8 Å². The van der Waals surface area contributed by atoms with Crippen LogP contribution in [0.5, 0.6) is 5.75 Å². The summed E-state index contributed by atoms with van der Waals surface area (Å²) in [5.74, 6) is -0.288. The lowest BCUT2D eigenvalue weighted by atomic mass is 9.85. The molecule has 3 nitrogen and oxygen atoms in total. The molecule has 0 bridgehead atoms. The van der Waals surface area contributed by atoms with Gasteiger partial charge in [0.25, 0.3) is 0 Å². The van der Waals surface area contributed by atoms with Crippen molar-refractivity contribution in [3.8, 4) is 5.75 Å². The van der Waals surface area contributed by atoms with E-state index in [0.29, 0.717) is 0 Å². The molecule has 1 N–H and O–H groups in total. The molecule has 0 saturated carbocycles. The van der Waals surface area contributed by atoms with Crippen LogP contribution in [0.1, 0.15) is 37.3 Å². The molecule has 0 spiro atoms. The van der Waals surface area contributed by atoms with Crippen molar-refractivity contribution in [3.05, 3.63) is 29.3 Å². The van der Waals surface area contributed by atoms with Crippen molar-refractivity contribution in [3.63, 3.8) is 0 Å². The summed E-state index contributed by atoms with van der Waals surface area (Å²) in [7, 11) is 1.63. The fourth-order valence-corrected chi connectivity index (χ4v) is 2.12. The number of hydrogen-bond donors (Lipinski definition) is 1. The molecule has 1 aromatic carbocycles. The molecule has 17 heavy (non-hydrogen) atoms. The minimum Gasteiger partial charge on any atom is -0.496 e. The van der Waals surface area contributed by atoms with Crippen LogP contribution in [0, 0.1) is 12.8 Å². The molecule has 2 atom stereocenters. The quantitative estimate of drug-likeness (QED) is 0.853. The summed E-state index contributed by atoms with van der Waals surface area (Å²) in [6.07, 6.45) is 0.805. The molecule has 3 heteroatoms. The van der Waals surface area contributed by atoms with Crippen LogP contribution >= 0.6 is 0 Å². The van der Waals surface area contributed by atoms with Crippen LogP contribution in [-0.4, -0.2) is 18.2 Å². The molecule has 0 amide bonds. The molecule has 0 aliphatic carbocycles. The van der Waals surface area contributed by atoms with Crippen LogP contribution in [0.4, 0.5) is 0 Å². The first kappa shape index (κ1) is 13.6. The van der Waals surface area contributed by atoms with Crippen LogP contribution in [-0.2, 0) is 4.79 Å². The van der Waals surface area contributed by atoms with Gasteiger partial charge in [-0.05, 0) is 36.5 Å². The summed E-state index contributed by atoms with van der Waals surface area (Å²) in [6, 6.07) is 5.92. The monoisotopic (exact) mass is 236 g/mol. The molecule has 0 fully saturated rings. The smallest absolute Gasteiger partial charge is 0.306 e. The summed E-state index contributed by atoms with van der Waals surface area (Å²) in [5, 5.41) is 9.09. The van der Waals surface area contributed by atoms with Crippen LogP contribution in [0.3, 0.4) is 0 Å². The van der Waals surface area contributed by atoms with E-state index >= 15 is 0 Å². The molecule has 94 valence electrons. The van der Waals surface area contributed by atoms with E-state index in [4.69, 9.17) is 9.84 Å². The van der Waals surface area contributed by atoms with Gasteiger partial charge in [-0.1, -0.05) is 26.0 Å². The molecule has 0 saturated heterocycles. The normalized spacial score (nSPS) is 14.1. The minimum atomic E-state index is -0.753. The molecular weight excluding hydrogens is 216 g/mol. The van der Waals surface area contributed by atoms with E-state index in [1.807, 2.05) is 32.0 Å². The van der Waals surface area contributed by atoms with Gasteiger partial charge >= 0.3 is 5.97 Å². The average molecular weight is 236 g/mol. The number of hydrogen-bond acceptors (Lipinski definition) is 2. The average Bonchev–Trinajstić information content (AvgIpc) is 2.31. The van der Waals surface area contributed by atoms with Gasteiger partial charge < -0.3 is 9.84 Å². The Morgan fingerprint density at radius 2 is 2.12 bits per heavy atom. The Morgan fingerprint density at radius 1 is 1.47 bits per heavy atom. The van der Waals surface area contributed by atoms with Gasteiger partial charge in [0.2, 0.25) is 0 Å². The number of ether oxygens (including phenoxy) is 1. The van der Waals surface area contributed by atoms with Gasteiger partial charge in [-0.2, -0.15) is 0 Å². The lowest BCUT2D eigenvalue weighted by molar-refractivity contribution is -0.141. The van der Waals surface area contributed by atoms with Crippen molar-refractivity contribution in [1.29, 1.82) is 0 Å². The van der Waals surface area contributed by atoms with E-state index < -0.39 is 5.97 Å². The number of carboxylic acid groups (broad SMARTS) is 1. The molecule has 0 aromatic heterocycles. The highest BCUT2D eigenvalue weighted by atomic mass is 16.5. The fourth-order valence-electron chi connectivity index (χ4n) is 2.12. The third-order valence-corrected chi connectivity index (χ3v) is 3.29. The Labute approximate surface area is 102 Å². The summed E-state index contributed by atoms with van der Waals surface area (Å²) in [5.41, 5.74) is 2.10. The first-order valence-corrected chi connectivity index (χ1v) is 5.88. The lowest BCUT2D eigenvalue weighted by Crippen LogP contribution is -2.18. The van der Waals surface area contributed by atoms with Crippen LogP contribution in [0.2, 0.25) is 0 Å². The van der Waals surface area contributed by atoms with Gasteiger partial charge in [0.15, 0.2) is 0 Å². The van der Waals surface area contributed by atoms with Gasteiger partial charge in [-0.15, -0.1) is 0 Å². The van der Waals surface area contributed by atoms with Crippen LogP contribution in [0.15, 0.2) is 18.2 Å². The second-order valence-electron chi connectivity index (χ2n) is 4.37. The highest BCUT2D eigenvalue weighted by Crippen LogP contribution is 2.31. The SMILES string of the molecule is CC[C@H](c1ccc(C)c(OC)c1)C(C)C(=O)O. The number of aryl methyl sites for hydroxylation is 1. The van der Waals surface area contributed by atoms with E-state index in [1.54, 1.807) is 14.0 Å². The minimum absolute atomic E-state index is 0.0296. The van der Waals surface area contributed by atoms with Crippen LogP contribution in [0.25, 0.3) is 0 Å². The second kappa shape index (κ2) is 5.71. The maximum absolute atomic E-state index is 11.1. The summed E-state index contributed by atoms with van der Waals surface area (Å²) in [4.78, 5) is 11.1. The number of benzene rings is 1. The molecule has 1 unspecified atom stereocenters. The van der Waals surface area contributed by atoms with Crippen molar-refractivity contribution in [2.24, 2.45) is 5.92 Å². The van der Waals surface area contributed by atoms with Gasteiger partial charge in [-0.3, -0.25) is 4.79 Å². The third kappa shape index (κ3) is 2.99. The summed E-state index contributed by atoms with van der Waals surface area (Å²) >= 11 is 0. The predicted octanol–water partition coefficient (Wildman–Crippen LogP) is 3.22. The first-order chi connectivity index (χ1) is 8.01. The largest absolute Gasteiger partial charge is 0.496 e. The molecule has 0 aliphatic rings. The Balaban J connectivity index is 3.08. The topological polar surface area (TPSA) is 46.5 Å². The van der Waals surface area contributed by atoms with Gasteiger partial charge in [0, 0.05) is 0 Å². The zero-order chi connectivity index (χ0) is 13.0. The highest BCUT2D eigenvalue weighted by Gasteiger charge is 2.24. The molecular formula is C14H20O3.